The number of aromatic carboxylic acids is 1. The Kier molecular flexibility index (Phi) is 3.87. The van der Waals surface area contributed by atoms with Crippen molar-refractivity contribution in [1.82, 2.24) is 0 Å². The third-order valence-electron chi connectivity index (χ3n) is 3.26. The van der Waals surface area contributed by atoms with Crippen LogP contribution in [0.15, 0.2) is 18.2 Å². The van der Waals surface area contributed by atoms with Crippen LogP contribution in [-0.4, -0.2) is 36.9 Å². The van der Waals surface area contributed by atoms with E-state index in [1.807, 2.05) is 19.1 Å². The Labute approximate surface area is 107 Å². The van der Waals surface area contributed by atoms with Gasteiger partial charge in [-0.25, -0.2) is 4.79 Å². The fourth-order valence-electron chi connectivity index (χ4n) is 2.31. The van der Waals surface area contributed by atoms with Crippen molar-refractivity contribution in [3.05, 3.63) is 29.3 Å². The second-order valence-electron chi connectivity index (χ2n) is 4.79. The molecular weight excluding hydrogens is 230 g/mol. The highest BCUT2D eigenvalue weighted by Crippen LogP contribution is 2.21. The molecule has 18 heavy (non-hydrogen) atoms. The number of hydrogen-bond acceptors (Lipinski definition) is 3. The summed E-state index contributed by atoms with van der Waals surface area (Å²) in [7, 11) is 0. The average molecular weight is 249 g/mol. The summed E-state index contributed by atoms with van der Waals surface area (Å²) < 4.78 is 5.61. The van der Waals surface area contributed by atoms with Crippen LogP contribution in [0, 0.1) is 6.92 Å². The van der Waals surface area contributed by atoms with Gasteiger partial charge in [-0.05, 0) is 44.0 Å². The Balaban J connectivity index is 2.22. The lowest BCUT2D eigenvalue weighted by Gasteiger charge is -2.25. The van der Waals surface area contributed by atoms with Crippen LogP contribution in [0.25, 0.3) is 0 Å². The first-order chi connectivity index (χ1) is 8.58. The number of carboxylic acid groups (broad SMARTS) is 1. The molecular formula is C14H19NO3. The highest BCUT2D eigenvalue weighted by molar-refractivity contribution is 5.89. The van der Waals surface area contributed by atoms with Crippen molar-refractivity contribution in [2.24, 2.45) is 0 Å². The van der Waals surface area contributed by atoms with Crippen molar-refractivity contribution in [2.75, 3.05) is 24.6 Å². The largest absolute Gasteiger partial charge is 0.478 e. The van der Waals surface area contributed by atoms with Crippen LogP contribution in [0.3, 0.4) is 0 Å². The summed E-state index contributed by atoms with van der Waals surface area (Å²) in [4.78, 5) is 13.2. The number of nitrogens with zero attached hydrogens (tertiary/aromatic N) is 1. The van der Waals surface area contributed by atoms with Crippen LogP contribution >= 0.6 is 0 Å². The van der Waals surface area contributed by atoms with E-state index in [0.717, 1.165) is 37.4 Å². The number of ether oxygens (including phenoxy) is 1. The molecule has 0 saturated carbocycles. The molecule has 98 valence electrons. The van der Waals surface area contributed by atoms with E-state index in [1.165, 1.54) is 0 Å². The molecule has 1 aliphatic rings. The van der Waals surface area contributed by atoms with Crippen molar-refractivity contribution < 1.29 is 14.6 Å². The first kappa shape index (κ1) is 12.9. The van der Waals surface area contributed by atoms with E-state index in [2.05, 4.69) is 11.8 Å². The van der Waals surface area contributed by atoms with Crippen molar-refractivity contribution >= 4 is 11.7 Å². The summed E-state index contributed by atoms with van der Waals surface area (Å²) in [5.74, 6) is -0.869. The van der Waals surface area contributed by atoms with Crippen molar-refractivity contribution in [3.63, 3.8) is 0 Å². The molecule has 1 aromatic rings. The molecule has 1 saturated heterocycles. The van der Waals surface area contributed by atoms with E-state index in [9.17, 15) is 4.79 Å². The van der Waals surface area contributed by atoms with Gasteiger partial charge in [0.2, 0.25) is 0 Å². The number of aryl methyl sites for hydroxylation is 1. The van der Waals surface area contributed by atoms with Crippen molar-refractivity contribution in [3.8, 4) is 0 Å². The summed E-state index contributed by atoms with van der Waals surface area (Å²) in [6.07, 6.45) is 1.22. The summed E-state index contributed by atoms with van der Waals surface area (Å²) in [5.41, 5.74) is 2.26. The van der Waals surface area contributed by atoms with Gasteiger partial charge in [-0.1, -0.05) is 0 Å². The van der Waals surface area contributed by atoms with Crippen LogP contribution in [0.1, 0.15) is 29.3 Å². The number of carbonyl (C=O) groups is 1. The molecule has 1 aromatic carbocycles. The number of hydrogen-bond donors (Lipinski definition) is 1. The number of benzene rings is 1. The minimum Gasteiger partial charge on any atom is -0.478 e. The molecule has 0 aliphatic carbocycles. The fourth-order valence-corrected chi connectivity index (χ4v) is 2.31. The molecule has 1 atom stereocenters. The minimum absolute atomic E-state index is 0.215. The topological polar surface area (TPSA) is 49.8 Å². The Hall–Kier alpha value is -1.55. The van der Waals surface area contributed by atoms with Gasteiger partial charge in [0.15, 0.2) is 0 Å². The zero-order valence-corrected chi connectivity index (χ0v) is 10.8. The predicted octanol–water partition coefficient (Wildman–Crippen LogP) is 2.31. The zero-order valence-electron chi connectivity index (χ0n) is 10.8. The lowest BCUT2D eigenvalue weighted by molar-refractivity contribution is 0.0696. The van der Waals surface area contributed by atoms with E-state index < -0.39 is 5.97 Å². The smallest absolute Gasteiger partial charge is 0.335 e. The molecule has 4 heteroatoms. The van der Waals surface area contributed by atoms with Crippen LogP contribution in [0.5, 0.6) is 0 Å². The van der Waals surface area contributed by atoms with E-state index in [0.29, 0.717) is 5.56 Å². The summed E-state index contributed by atoms with van der Waals surface area (Å²) >= 11 is 0. The van der Waals surface area contributed by atoms with Crippen LogP contribution in [-0.2, 0) is 4.74 Å². The molecule has 0 spiro atoms. The lowest BCUT2D eigenvalue weighted by Crippen LogP contribution is -2.30. The maximum atomic E-state index is 11.0. The molecule has 2 rings (SSSR count). The quantitative estimate of drug-likeness (QED) is 0.873. The molecule has 0 amide bonds. The van der Waals surface area contributed by atoms with Crippen LogP contribution in [0.2, 0.25) is 0 Å². The summed E-state index contributed by atoms with van der Waals surface area (Å²) in [6, 6.07) is 5.51. The maximum Gasteiger partial charge on any atom is 0.335 e. The monoisotopic (exact) mass is 249 g/mol. The normalized spacial score (nSPS) is 20.6. The maximum absolute atomic E-state index is 11.0. The first-order valence-corrected chi connectivity index (χ1v) is 6.28. The molecule has 1 heterocycles. The third kappa shape index (κ3) is 2.82. The second-order valence-corrected chi connectivity index (χ2v) is 4.79. The highest BCUT2D eigenvalue weighted by atomic mass is 16.5. The Morgan fingerprint density at radius 3 is 2.94 bits per heavy atom. The van der Waals surface area contributed by atoms with E-state index in [1.54, 1.807) is 6.07 Å². The predicted molar refractivity (Wildman–Crippen MR) is 70.4 cm³/mol. The van der Waals surface area contributed by atoms with Crippen molar-refractivity contribution in [2.45, 2.75) is 26.4 Å². The standard InChI is InChI=1S/C14H19NO3/c1-10-8-12(4-5-13(10)14(16)17)15-6-3-7-18-11(2)9-15/h4-5,8,11H,3,6-7,9H2,1-2H3,(H,16,17). The third-order valence-corrected chi connectivity index (χ3v) is 3.26. The average Bonchev–Trinajstić information content (AvgIpc) is 2.53. The van der Waals surface area contributed by atoms with Gasteiger partial charge < -0.3 is 14.7 Å². The molecule has 1 aliphatic heterocycles. The summed E-state index contributed by atoms with van der Waals surface area (Å²) in [5, 5.41) is 9.02. The van der Waals surface area contributed by atoms with Crippen molar-refractivity contribution in [1.29, 1.82) is 0 Å². The van der Waals surface area contributed by atoms with Crippen LogP contribution < -0.4 is 4.90 Å². The first-order valence-electron chi connectivity index (χ1n) is 6.28. The van der Waals surface area contributed by atoms with Gasteiger partial charge in [0, 0.05) is 25.4 Å². The number of rotatable bonds is 2. The van der Waals surface area contributed by atoms with E-state index >= 15 is 0 Å². The molecule has 1 N–H and O–H groups in total. The van der Waals surface area contributed by atoms with Gasteiger partial charge in [-0.15, -0.1) is 0 Å². The second kappa shape index (κ2) is 5.40. The molecule has 1 fully saturated rings. The van der Waals surface area contributed by atoms with E-state index in [-0.39, 0.29) is 6.10 Å². The van der Waals surface area contributed by atoms with Gasteiger partial charge in [-0.2, -0.15) is 0 Å². The number of carboxylic acids is 1. The molecule has 0 bridgehead atoms. The van der Waals surface area contributed by atoms with Gasteiger partial charge in [0.25, 0.3) is 0 Å². The molecule has 0 aromatic heterocycles. The highest BCUT2D eigenvalue weighted by Gasteiger charge is 2.16. The molecule has 4 nitrogen and oxygen atoms in total. The molecule has 1 unspecified atom stereocenters. The zero-order chi connectivity index (χ0) is 13.1. The lowest BCUT2D eigenvalue weighted by atomic mass is 10.1. The Bertz CT molecular complexity index is 445. The minimum atomic E-state index is -0.869. The fraction of sp³-hybridized carbons (Fsp3) is 0.500. The Morgan fingerprint density at radius 1 is 1.50 bits per heavy atom. The Morgan fingerprint density at radius 2 is 2.28 bits per heavy atom. The molecule has 0 radical (unpaired) electrons. The van der Waals surface area contributed by atoms with Gasteiger partial charge in [0.05, 0.1) is 11.7 Å². The van der Waals surface area contributed by atoms with Crippen LogP contribution in [0.4, 0.5) is 5.69 Å². The summed E-state index contributed by atoms with van der Waals surface area (Å²) in [6.45, 7) is 6.51. The van der Waals surface area contributed by atoms with Gasteiger partial charge >= 0.3 is 5.97 Å². The number of anilines is 1. The van der Waals surface area contributed by atoms with Gasteiger partial charge in [0.1, 0.15) is 0 Å². The van der Waals surface area contributed by atoms with Gasteiger partial charge in [-0.3, -0.25) is 0 Å². The van der Waals surface area contributed by atoms with E-state index in [4.69, 9.17) is 9.84 Å². The SMILES string of the molecule is Cc1cc(N2CCCOC(C)C2)ccc1C(=O)O.